The summed E-state index contributed by atoms with van der Waals surface area (Å²) in [6.45, 7) is 4.07. The summed E-state index contributed by atoms with van der Waals surface area (Å²) in [5, 5.41) is 0. The van der Waals surface area contributed by atoms with Crippen LogP contribution in [0, 0.1) is 18.6 Å². The predicted octanol–water partition coefficient (Wildman–Crippen LogP) is 1.26. The van der Waals surface area contributed by atoms with Crippen LogP contribution in [0.1, 0.15) is 5.82 Å². The molecule has 3 rings (SSSR count). The van der Waals surface area contributed by atoms with Crippen LogP contribution < -0.4 is 14.4 Å². The molecule has 1 aliphatic heterocycles. The number of morpholine rings is 1. The summed E-state index contributed by atoms with van der Waals surface area (Å²) >= 11 is 0. The molecule has 2 heterocycles. The van der Waals surface area contributed by atoms with Crippen molar-refractivity contribution in [2.75, 3.05) is 44.4 Å². The van der Waals surface area contributed by atoms with Crippen LogP contribution in [-0.2, 0) is 14.8 Å². The van der Waals surface area contributed by atoms with E-state index >= 15 is 0 Å². The Bertz CT molecular complexity index is 916. The van der Waals surface area contributed by atoms with E-state index < -0.39 is 26.6 Å². The molecular weight excluding hydrogens is 394 g/mol. The van der Waals surface area contributed by atoms with Gasteiger partial charge in [0, 0.05) is 25.7 Å². The zero-order valence-corrected chi connectivity index (χ0v) is 16.0. The molecule has 1 N–H and O–H groups in total. The van der Waals surface area contributed by atoms with Crippen molar-refractivity contribution >= 4 is 15.8 Å². The van der Waals surface area contributed by atoms with Crippen molar-refractivity contribution in [2.24, 2.45) is 0 Å². The van der Waals surface area contributed by atoms with Gasteiger partial charge in [0.25, 0.3) is 0 Å². The van der Waals surface area contributed by atoms with Crippen LogP contribution >= 0.6 is 0 Å². The second kappa shape index (κ2) is 8.76. The molecule has 0 aliphatic carbocycles. The highest BCUT2D eigenvalue weighted by Crippen LogP contribution is 2.19. The van der Waals surface area contributed by atoms with Crippen molar-refractivity contribution in [3.63, 3.8) is 0 Å². The molecule has 1 aromatic heterocycles. The minimum atomic E-state index is -4.34. The Balaban J connectivity index is 1.60. The molecule has 1 aromatic carbocycles. The van der Waals surface area contributed by atoms with E-state index in [9.17, 15) is 17.2 Å². The maximum absolute atomic E-state index is 13.7. The third-order valence-electron chi connectivity index (χ3n) is 3.97. The first kappa shape index (κ1) is 20.4. The molecule has 0 amide bonds. The summed E-state index contributed by atoms with van der Waals surface area (Å²) in [7, 11) is -4.34. The maximum Gasteiger partial charge on any atom is 0.246 e. The monoisotopic (exact) mass is 414 g/mol. The van der Waals surface area contributed by atoms with Gasteiger partial charge in [-0.2, -0.15) is 4.98 Å². The Hall–Kier alpha value is -2.37. The zero-order valence-electron chi connectivity index (χ0n) is 15.2. The number of hydrogen-bond acceptors (Lipinski definition) is 7. The maximum atomic E-state index is 13.7. The lowest BCUT2D eigenvalue weighted by molar-refractivity contribution is 0.122. The van der Waals surface area contributed by atoms with Crippen LogP contribution in [0.25, 0.3) is 0 Å². The molecule has 11 heteroatoms. The molecule has 8 nitrogen and oxygen atoms in total. The lowest BCUT2D eigenvalue weighted by Crippen LogP contribution is -2.37. The lowest BCUT2D eigenvalue weighted by Gasteiger charge is -2.28. The summed E-state index contributed by atoms with van der Waals surface area (Å²) in [4.78, 5) is 9.55. The number of rotatable bonds is 7. The number of sulfonamides is 1. The summed E-state index contributed by atoms with van der Waals surface area (Å²) in [5.74, 6) is -0.830. The summed E-state index contributed by atoms with van der Waals surface area (Å²) < 4.78 is 64.5. The summed E-state index contributed by atoms with van der Waals surface area (Å²) in [5.41, 5.74) is 0. The third kappa shape index (κ3) is 4.91. The number of aromatic nitrogens is 2. The highest BCUT2D eigenvalue weighted by atomic mass is 32.2. The highest BCUT2D eigenvalue weighted by Gasteiger charge is 2.23. The Kier molecular flexibility index (Phi) is 6.37. The van der Waals surface area contributed by atoms with E-state index in [1.165, 1.54) is 0 Å². The third-order valence-corrected chi connectivity index (χ3v) is 5.48. The topological polar surface area (TPSA) is 93.6 Å². The van der Waals surface area contributed by atoms with E-state index in [4.69, 9.17) is 9.47 Å². The van der Waals surface area contributed by atoms with Crippen LogP contribution in [0.15, 0.2) is 29.2 Å². The van der Waals surface area contributed by atoms with Crippen LogP contribution in [0.2, 0.25) is 0 Å². The Morgan fingerprint density at radius 1 is 1.21 bits per heavy atom. The molecule has 0 saturated carbocycles. The SMILES string of the molecule is Cc1nc(OCCNS(=O)(=O)c2c(F)cccc2F)cc(N2CCOCC2)n1. The van der Waals surface area contributed by atoms with Crippen LogP contribution in [0.3, 0.4) is 0 Å². The molecule has 2 aromatic rings. The van der Waals surface area contributed by atoms with Gasteiger partial charge < -0.3 is 14.4 Å². The highest BCUT2D eigenvalue weighted by molar-refractivity contribution is 7.89. The van der Waals surface area contributed by atoms with E-state index in [2.05, 4.69) is 14.7 Å². The van der Waals surface area contributed by atoms with E-state index in [1.54, 1.807) is 13.0 Å². The van der Waals surface area contributed by atoms with Gasteiger partial charge in [0.1, 0.15) is 29.9 Å². The fraction of sp³-hybridized carbons (Fsp3) is 0.412. The normalized spacial score (nSPS) is 14.9. The quantitative estimate of drug-likeness (QED) is 0.682. The van der Waals surface area contributed by atoms with Gasteiger partial charge in [0.2, 0.25) is 15.9 Å². The van der Waals surface area contributed by atoms with Gasteiger partial charge in [-0.25, -0.2) is 26.9 Å². The fourth-order valence-corrected chi connectivity index (χ4v) is 3.84. The average molecular weight is 414 g/mol. The first-order valence-electron chi connectivity index (χ1n) is 8.62. The zero-order chi connectivity index (χ0) is 20.1. The first-order valence-corrected chi connectivity index (χ1v) is 10.1. The van der Waals surface area contributed by atoms with E-state index in [-0.39, 0.29) is 19.0 Å². The van der Waals surface area contributed by atoms with Crippen LogP contribution in [0.5, 0.6) is 5.88 Å². The van der Waals surface area contributed by atoms with Gasteiger partial charge in [0.15, 0.2) is 4.90 Å². The number of nitrogens with zero attached hydrogens (tertiary/aromatic N) is 3. The molecule has 0 atom stereocenters. The van der Waals surface area contributed by atoms with Crippen molar-refractivity contribution in [1.29, 1.82) is 0 Å². The van der Waals surface area contributed by atoms with E-state index in [1.807, 2.05) is 4.90 Å². The largest absolute Gasteiger partial charge is 0.476 e. The van der Waals surface area contributed by atoms with Gasteiger partial charge >= 0.3 is 0 Å². The van der Waals surface area contributed by atoms with Crippen LogP contribution in [0.4, 0.5) is 14.6 Å². The molecule has 1 aliphatic rings. The smallest absolute Gasteiger partial charge is 0.246 e. The van der Waals surface area contributed by atoms with Gasteiger partial charge in [-0.05, 0) is 19.1 Å². The van der Waals surface area contributed by atoms with E-state index in [0.29, 0.717) is 37.9 Å². The second-order valence-electron chi connectivity index (χ2n) is 6.01. The van der Waals surface area contributed by atoms with E-state index in [0.717, 1.165) is 18.2 Å². The Labute approximate surface area is 161 Å². The number of hydrogen-bond donors (Lipinski definition) is 1. The second-order valence-corrected chi connectivity index (χ2v) is 7.71. The van der Waals surface area contributed by atoms with Gasteiger partial charge in [0.05, 0.1) is 13.2 Å². The molecule has 0 spiro atoms. The number of aryl methyl sites for hydroxylation is 1. The minimum absolute atomic E-state index is 0.0751. The molecule has 1 saturated heterocycles. The van der Waals surface area contributed by atoms with Crippen molar-refractivity contribution in [3.05, 3.63) is 41.7 Å². The van der Waals surface area contributed by atoms with Gasteiger partial charge in [-0.3, -0.25) is 0 Å². The Morgan fingerprint density at radius 2 is 1.89 bits per heavy atom. The molecule has 1 fully saturated rings. The lowest BCUT2D eigenvalue weighted by atomic mass is 10.3. The minimum Gasteiger partial charge on any atom is -0.476 e. The molecular formula is C17H20F2N4O4S. The van der Waals surface area contributed by atoms with Crippen molar-refractivity contribution in [2.45, 2.75) is 11.8 Å². The Morgan fingerprint density at radius 3 is 2.57 bits per heavy atom. The standard InChI is InChI=1S/C17H20F2N4O4S/c1-12-21-15(23-6-9-26-10-7-23)11-16(22-12)27-8-5-20-28(24,25)17-13(18)3-2-4-14(17)19/h2-4,11,20H,5-10H2,1H3. The van der Waals surface area contributed by atoms with Crippen molar-refractivity contribution in [1.82, 2.24) is 14.7 Å². The first-order chi connectivity index (χ1) is 13.4. The van der Waals surface area contributed by atoms with Gasteiger partial charge in [-0.1, -0.05) is 6.07 Å². The summed E-state index contributed by atoms with van der Waals surface area (Å²) in [6, 6.07) is 4.51. The number of nitrogens with one attached hydrogen (secondary N) is 1. The number of halogens is 2. The molecule has 152 valence electrons. The average Bonchev–Trinajstić information content (AvgIpc) is 2.65. The van der Waals surface area contributed by atoms with Crippen LogP contribution in [-0.4, -0.2) is 57.8 Å². The predicted molar refractivity (Wildman–Crippen MR) is 96.8 cm³/mol. The molecule has 0 unspecified atom stereocenters. The molecule has 0 radical (unpaired) electrons. The molecule has 0 bridgehead atoms. The number of ether oxygens (including phenoxy) is 2. The number of anilines is 1. The van der Waals surface area contributed by atoms with Crippen molar-refractivity contribution in [3.8, 4) is 5.88 Å². The van der Waals surface area contributed by atoms with Crippen molar-refractivity contribution < 1.29 is 26.7 Å². The summed E-state index contributed by atoms with van der Waals surface area (Å²) in [6.07, 6.45) is 0. The fourth-order valence-electron chi connectivity index (χ4n) is 2.70. The molecule has 28 heavy (non-hydrogen) atoms. The van der Waals surface area contributed by atoms with Gasteiger partial charge in [-0.15, -0.1) is 0 Å². The number of benzene rings is 1.